The normalized spacial score (nSPS) is 21.6. The van der Waals surface area contributed by atoms with Gasteiger partial charge in [0.1, 0.15) is 5.82 Å². The van der Waals surface area contributed by atoms with E-state index in [2.05, 4.69) is 15.6 Å². The van der Waals surface area contributed by atoms with Gasteiger partial charge < -0.3 is 20.3 Å². The summed E-state index contributed by atoms with van der Waals surface area (Å²) in [5.74, 6) is -0.186. The van der Waals surface area contributed by atoms with Crippen LogP contribution in [0.4, 0.5) is 4.79 Å². The van der Waals surface area contributed by atoms with Crippen LogP contribution in [-0.2, 0) is 18.3 Å². The number of hydrogen-bond acceptors (Lipinski definition) is 3. The number of aliphatic carboxylic acids is 1. The van der Waals surface area contributed by atoms with Gasteiger partial charge in [-0.1, -0.05) is 0 Å². The molecule has 1 aliphatic rings. The zero-order valence-corrected chi connectivity index (χ0v) is 11.5. The summed E-state index contributed by atoms with van der Waals surface area (Å²) in [6, 6.07) is -0.278. The van der Waals surface area contributed by atoms with Crippen LogP contribution < -0.4 is 10.6 Å². The van der Waals surface area contributed by atoms with E-state index in [1.165, 1.54) is 0 Å². The molecule has 1 saturated carbocycles. The molecule has 2 atom stereocenters. The third-order valence-corrected chi connectivity index (χ3v) is 3.67. The number of urea groups is 1. The number of hydrogen-bond donors (Lipinski definition) is 3. The molecular formula is C13H20N4O3. The van der Waals surface area contributed by atoms with E-state index in [1.807, 2.05) is 17.8 Å². The van der Waals surface area contributed by atoms with Crippen LogP contribution in [-0.4, -0.2) is 39.2 Å². The number of aromatic nitrogens is 2. The fraction of sp³-hybridized carbons (Fsp3) is 0.615. The Labute approximate surface area is 117 Å². The lowest BCUT2D eigenvalue weighted by molar-refractivity contribution is -0.141. The Morgan fingerprint density at radius 2 is 2.30 bits per heavy atom. The maximum absolute atomic E-state index is 11.7. The van der Waals surface area contributed by atoms with Gasteiger partial charge in [-0.15, -0.1) is 0 Å². The molecule has 1 aliphatic carbocycles. The molecule has 0 radical (unpaired) electrons. The summed E-state index contributed by atoms with van der Waals surface area (Å²) in [7, 11) is 1.91. The number of carboxylic acid groups (broad SMARTS) is 1. The van der Waals surface area contributed by atoms with Crippen molar-refractivity contribution in [2.45, 2.75) is 31.7 Å². The fourth-order valence-corrected chi connectivity index (χ4v) is 2.50. The Kier molecular flexibility index (Phi) is 4.60. The van der Waals surface area contributed by atoms with Crippen LogP contribution >= 0.6 is 0 Å². The number of nitrogens with zero attached hydrogens (tertiary/aromatic N) is 2. The van der Waals surface area contributed by atoms with Crippen molar-refractivity contribution in [2.24, 2.45) is 13.0 Å². The Morgan fingerprint density at radius 3 is 2.90 bits per heavy atom. The Bertz CT molecular complexity index is 486. The maximum Gasteiger partial charge on any atom is 0.315 e. The summed E-state index contributed by atoms with van der Waals surface area (Å²) in [4.78, 5) is 26.7. The van der Waals surface area contributed by atoms with Crippen molar-refractivity contribution in [1.29, 1.82) is 0 Å². The predicted octanol–water partition coefficient (Wildman–Crippen LogP) is 0.515. The summed E-state index contributed by atoms with van der Waals surface area (Å²) in [6.07, 6.45) is 6.12. The molecular weight excluding hydrogens is 260 g/mol. The molecule has 0 spiro atoms. The summed E-state index contributed by atoms with van der Waals surface area (Å²) in [5.41, 5.74) is 0. The smallest absolute Gasteiger partial charge is 0.315 e. The second-order valence-corrected chi connectivity index (χ2v) is 5.15. The van der Waals surface area contributed by atoms with Gasteiger partial charge in [-0.2, -0.15) is 0 Å². The molecule has 2 unspecified atom stereocenters. The van der Waals surface area contributed by atoms with E-state index in [9.17, 15) is 9.59 Å². The van der Waals surface area contributed by atoms with E-state index < -0.39 is 5.97 Å². The van der Waals surface area contributed by atoms with Crippen molar-refractivity contribution in [3.63, 3.8) is 0 Å². The van der Waals surface area contributed by atoms with Gasteiger partial charge in [-0.05, 0) is 19.3 Å². The van der Waals surface area contributed by atoms with Crippen molar-refractivity contribution in [2.75, 3.05) is 6.54 Å². The number of aryl methyl sites for hydroxylation is 1. The molecule has 0 saturated heterocycles. The first kappa shape index (κ1) is 14.4. The highest BCUT2D eigenvalue weighted by atomic mass is 16.4. The highest BCUT2D eigenvalue weighted by molar-refractivity contribution is 5.75. The lowest BCUT2D eigenvalue weighted by Crippen LogP contribution is -2.42. The monoisotopic (exact) mass is 280 g/mol. The molecule has 1 fully saturated rings. The van der Waals surface area contributed by atoms with Crippen molar-refractivity contribution >= 4 is 12.0 Å². The van der Waals surface area contributed by atoms with Crippen LogP contribution in [0.15, 0.2) is 12.4 Å². The first-order valence-corrected chi connectivity index (χ1v) is 6.79. The molecule has 1 aromatic rings. The highest BCUT2D eigenvalue weighted by Crippen LogP contribution is 2.25. The predicted molar refractivity (Wildman–Crippen MR) is 72.2 cm³/mol. The van der Waals surface area contributed by atoms with Crippen LogP contribution in [0.5, 0.6) is 0 Å². The lowest BCUT2D eigenvalue weighted by atomic mass is 10.1. The molecule has 2 rings (SSSR count). The van der Waals surface area contributed by atoms with Crippen molar-refractivity contribution in [1.82, 2.24) is 20.2 Å². The molecule has 7 heteroatoms. The number of imidazole rings is 1. The first-order valence-electron chi connectivity index (χ1n) is 6.79. The summed E-state index contributed by atoms with van der Waals surface area (Å²) in [5, 5.41) is 14.5. The summed E-state index contributed by atoms with van der Waals surface area (Å²) in [6.45, 7) is 0.506. The van der Waals surface area contributed by atoms with Crippen molar-refractivity contribution < 1.29 is 14.7 Å². The number of rotatable bonds is 5. The van der Waals surface area contributed by atoms with E-state index in [1.54, 1.807) is 6.20 Å². The van der Waals surface area contributed by atoms with Gasteiger partial charge in [0.2, 0.25) is 0 Å². The van der Waals surface area contributed by atoms with E-state index in [0.29, 0.717) is 25.8 Å². The van der Waals surface area contributed by atoms with Gasteiger partial charge in [0.25, 0.3) is 0 Å². The number of amides is 2. The van der Waals surface area contributed by atoms with Crippen LogP contribution in [0, 0.1) is 5.92 Å². The maximum atomic E-state index is 11.7. The van der Waals surface area contributed by atoms with Gasteiger partial charge in [0.05, 0.1) is 5.92 Å². The topological polar surface area (TPSA) is 96.3 Å². The standard InChI is InChI=1S/C13H20N4O3/c1-17-7-6-14-11(17)4-5-15-13(20)16-10-3-2-9(8-10)12(18)19/h6-7,9-10H,2-5,8H2,1H3,(H,18,19)(H2,15,16,20). The van der Waals surface area contributed by atoms with Gasteiger partial charge in [-0.3, -0.25) is 4.79 Å². The molecule has 110 valence electrons. The van der Waals surface area contributed by atoms with Crippen molar-refractivity contribution in [3.05, 3.63) is 18.2 Å². The average Bonchev–Trinajstić information content (AvgIpc) is 2.99. The zero-order chi connectivity index (χ0) is 14.5. The molecule has 1 aromatic heterocycles. The van der Waals surface area contributed by atoms with E-state index in [-0.39, 0.29) is 18.0 Å². The summed E-state index contributed by atoms with van der Waals surface area (Å²) >= 11 is 0. The van der Waals surface area contributed by atoms with E-state index >= 15 is 0 Å². The van der Waals surface area contributed by atoms with Gasteiger partial charge in [0.15, 0.2) is 0 Å². The SMILES string of the molecule is Cn1ccnc1CCNC(=O)NC1CCC(C(=O)O)C1. The molecule has 20 heavy (non-hydrogen) atoms. The van der Waals surface area contributed by atoms with Gasteiger partial charge >= 0.3 is 12.0 Å². The molecule has 1 heterocycles. The lowest BCUT2D eigenvalue weighted by Gasteiger charge is -2.13. The zero-order valence-electron chi connectivity index (χ0n) is 11.5. The minimum atomic E-state index is -0.774. The Hall–Kier alpha value is -2.05. The molecule has 7 nitrogen and oxygen atoms in total. The number of carbonyl (C=O) groups excluding carboxylic acids is 1. The minimum absolute atomic E-state index is 0.0377. The minimum Gasteiger partial charge on any atom is -0.481 e. The van der Waals surface area contributed by atoms with Crippen LogP contribution in [0.25, 0.3) is 0 Å². The Morgan fingerprint density at radius 1 is 1.50 bits per heavy atom. The van der Waals surface area contributed by atoms with Crippen molar-refractivity contribution in [3.8, 4) is 0 Å². The fourth-order valence-electron chi connectivity index (χ4n) is 2.50. The van der Waals surface area contributed by atoms with E-state index in [4.69, 9.17) is 5.11 Å². The quantitative estimate of drug-likeness (QED) is 0.732. The third-order valence-electron chi connectivity index (χ3n) is 3.67. The van der Waals surface area contributed by atoms with Crippen LogP contribution in [0.3, 0.4) is 0 Å². The first-order chi connectivity index (χ1) is 9.56. The second kappa shape index (κ2) is 6.40. The molecule has 0 aliphatic heterocycles. The number of carbonyl (C=O) groups is 2. The highest BCUT2D eigenvalue weighted by Gasteiger charge is 2.30. The molecule has 0 bridgehead atoms. The number of nitrogens with one attached hydrogen (secondary N) is 2. The largest absolute Gasteiger partial charge is 0.481 e. The van der Waals surface area contributed by atoms with Crippen LogP contribution in [0.1, 0.15) is 25.1 Å². The third kappa shape index (κ3) is 3.72. The van der Waals surface area contributed by atoms with Crippen LogP contribution in [0.2, 0.25) is 0 Å². The number of carboxylic acids is 1. The van der Waals surface area contributed by atoms with Gasteiger partial charge in [-0.25, -0.2) is 9.78 Å². The van der Waals surface area contributed by atoms with E-state index in [0.717, 1.165) is 12.2 Å². The average molecular weight is 280 g/mol. The Balaban J connectivity index is 1.66. The molecule has 2 amide bonds. The second-order valence-electron chi connectivity index (χ2n) is 5.15. The molecule has 3 N–H and O–H groups in total. The van der Waals surface area contributed by atoms with Gasteiger partial charge in [0, 0.05) is 38.4 Å². The summed E-state index contributed by atoms with van der Waals surface area (Å²) < 4.78 is 1.91. The molecule has 0 aromatic carbocycles.